The van der Waals surface area contributed by atoms with E-state index < -0.39 is 0 Å². The summed E-state index contributed by atoms with van der Waals surface area (Å²) >= 11 is 0. The maximum atomic E-state index is 11.1. The number of carbonyl (C=O) groups is 1. The summed E-state index contributed by atoms with van der Waals surface area (Å²) in [5.41, 5.74) is 2.25. The van der Waals surface area contributed by atoms with Crippen molar-refractivity contribution in [1.29, 1.82) is 0 Å². The summed E-state index contributed by atoms with van der Waals surface area (Å²) in [5.74, 6) is 1.09. The maximum Gasteiger partial charge on any atom is 0.157 e. The number of carbonyl (C=O) groups excluding carboxylic acids is 1. The smallest absolute Gasteiger partial charge is 0.157 e. The number of rotatable bonds is 5. The Balaban J connectivity index is 1.78. The Morgan fingerprint density at radius 2 is 2.00 bits per heavy atom. The Morgan fingerprint density at radius 3 is 2.61 bits per heavy atom. The van der Waals surface area contributed by atoms with Gasteiger partial charge in [0.15, 0.2) is 5.78 Å². The van der Waals surface area contributed by atoms with Crippen molar-refractivity contribution in [2.24, 2.45) is 0 Å². The summed E-state index contributed by atoms with van der Waals surface area (Å²) in [5, 5.41) is 3.31. The second-order valence-electron chi connectivity index (χ2n) is 4.81. The van der Waals surface area contributed by atoms with E-state index in [2.05, 4.69) is 19.2 Å². The van der Waals surface area contributed by atoms with Crippen molar-refractivity contribution in [3.63, 3.8) is 0 Å². The van der Waals surface area contributed by atoms with Crippen LogP contribution < -0.4 is 10.1 Å². The van der Waals surface area contributed by atoms with Gasteiger partial charge in [0.05, 0.1) is 6.04 Å². The van der Waals surface area contributed by atoms with Crippen molar-refractivity contribution >= 4 is 5.78 Å². The lowest BCUT2D eigenvalue weighted by atomic mass is 10.2. The van der Waals surface area contributed by atoms with Crippen molar-refractivity contribution in [3.05, 3.63) is 41.6 Å². The van der Waals surface area contributed by atoms with E-state index >= 15 is 0 Å². The lowest BCUT2D eigenvalue weighted by Gasteiger charge is -2.16. The fraction of sp³-hybridized carbons (Fsp3) is 0.400. The van der Waals surface area contributed by atoms with Gasteiger partial charge in [-0.1, -0.05) is 17.7 Å². The fourth-order valence-corrected chi connectivity index (χ4v) is 1.92. The minimum Gasteiger partial charge on any atom is -0.491 e. The van der Waals surface area contributed by atoms with E-state index in [1.54, 1.807) is 6.08 Å². The highest BCUT2D eigenvalue weighted by Gasteiger charge is 2.13. The van der Waals surface area contributed by atoms with Crippen LogP contribution in [0.4, 0.5) is 0 Å². The second-order valence-corrected chi connectivity index (χ2v) is 4.81. The molecule has 96 valence electrons. The number of hydrogen-bond donors (Lipinski definition) is 1. The number of aryl methyl sites for hydroxylation is 1. The fourth-order valence-electron chi connectivity index (χ4n) is 1.92. The molecule has 0 aliphatic heterocycles. The molecule has 0 saturated carbocycles. The first-order valence-electron chi connectivity index (χ1n) is 6.33. The van der Waals surface area contributed by atoms with E-state index in [0.717, 1.165) is 17.9 Å². The molecule has 1 unspecified atom stereocenters. The van der Waals surface area contributed by atoms with Crippen LogP contribution in [-0.2, 0) is 4.79 Å². The van der Waals surface area contributed by atoms with Crippen LogP contribution in [0.1, 0.15) is 25.3 Å². The average molecular weight is 245 g/mol. The minimum atomic E-state index is 0.198. The molecule has 1 aromatic carbocycles. The van der Waals surface area contributed by atoms with Gasteiger partial charge in [0.2, 0.25) is 0 Å². The van der Waals surface area contributed by atoms with E-state index in [1.165, 1.54) is 5.56 Å². The predicted molar refractivity (Wildman–Crippen MR) is 71.6 cm³/mol. The van der Waals surface area contributed by atoms with Crippen LogP contribution in [0.25, 0.3) is 0 Å². The number of ketones is 1. The van der Waals surface area contributed by atoms with Gasteiger partial charge in [-0.05, 0) is 32.4 Å². The number of hydrogen-bond acceptors (Lipinski definition) is 3. The van der Waals surface area contributed by atoms with Gasteiger partial charge in [0, 0.05) is 18.2 Å². The molecule has 0 spiro atoms. The van der Waals surface area contributed by atoms with Gasteiger partial charge in [-0.3, -0.25) is 4.79 Å². The topological polar surface area (TPSA) is 38.3 Å². The highest BCUT2D eigenvalue weighted by molar-refractivity contribution is 5.92. The Kier molecular flexibility index (Phi) is 4.03. The molecule has 1 aliphatic rings. The van der Waals surface area contributed by atoms with Crippen LogP contribution >= 0.6 is 0 Å². The van der Waals surface area contributed by atoms with Gasteiger partial charge < -0.3 is 10.1 Å². The molecule has 3 nitrogen and oxygen atoms in total. The number of ether oxygens (including phenoxy) is 1. The maximum absolute atomic E-state index is 11.1. The van der Waals surface area contributed by atoms with Gasteiger partial charge >= 0.3 is 0 Å². The van der Waals surface area contributed by atoms with Crippen molar-refractivity contribution in [1.82, 2.24) is 5.32 Å². The average Bonchev–Trinajstić information content (AvgIpc) is 2.74. The molecule has 0 heterocycles. The van der Waals surface area contributed by atoms with Crippen molar-refractivity contribution in [2.45, 2.75) is 32.7 Å². The van der Waals surface area contributed by atoms with Crippen molar-refractivity contribution in [3.8, 4) is 5.75 Å². The molecule has 1 N–H and O–H groups in total. The molecule has 0 saturated heterocycles. The van der Waals surface area contributed by atoms with E-state index in [4.69, 9.17) is 4.74 Å². The molecular formula is C15H19NO2. The van der Waals surface area contributed by atoms with Crippen LogP contribution in [-0.4, -0.2) is 18.4 Å². The third-order valence-corrected chi connectivity index (χ3v) is 2.93. The van der Waals surface area contributed by atoms with Gasteiger partial charge in [0.1, 0.15) is 12.4 Å². The van der Waals surface area contributed by atoms with E-state index in [1.807, 2.05) is 24.3 Å². The zero-order chi connectivity index (χ0) is 13.0. The Morgan fingerprint density at radius 1 is 1.28 bits per heavy atom. The third kappa shape index (κ3) is 3.62. The van der Waals surface area contributed by atoms with Crippen molar-refractivity contribution < 1.29 is 9.53 Å². The van der Waals surface area contributed by atoms with Crippen LogP contribution in [0.15, 0.2) is 36.0 Å². The van der Waals surface area contributed by atoms with Crippen LogP contribution in [0.3, 0.4) is 0 Å². The van der Waals surface area contributed by atoms with Gasteiger partial charge in [0.25, 0.3) is 0 Å². The highest BCUT2D eigenvalue weighted by Crippen LogP contribution is 2.14. The first-order valence-corrected chi connectivity index (χ1v) is 6.33. The summed E-state index contributed by atoms with van der Waals surface area (Å²) in [7, 11) is 0. The van der Waals surface area contributed by atoms with E-state index in [0.29, 0.717) is 13.0 Å². The molecule has 3 heteroatoms. The van der Waals surface area contributed by atoms with E-state index in [-0.39, 0.29) is 11.8 Å². The van der Waals surface area contributed by atoms with Crippen molar-refractivity contribution in [2.75, 3.05) is 6.61 Å². The summed E-state index contributed by atoms with van der Waals surface area (Å²) in [6.07, 6.45) is 3.16. The van der Waals surface area contributed by atoms with E-state index in [9.17, 15) is 4.79 Å². The molecule has 2 rings (SSSR count). The number of allylic oxidation sites excluding steroid dienone is 2. The summed E-state index contributed by atoms with van der Waals surface area (Å²) < 4.78 is 5.69. The summed E-state index contributed by atoms with van der Waals surface area (Å²) in [6.45, 7) is 4.70. The molecule has 0 radical (unpaired) electrons. The Hall–Kier alpha value is -1.77. The lowest BCUT2D eigenvalue weighted by molar-refractivity contribution is -0.114. The van der Waals surface area contributed by atoms with Crippen LogP contribution in [0.2, 0.25) is 0 Å². The molecule has 1 atom stereocenters. The predicted octanol–water partition coefficient (Wildman–Crippen LogP) is 2.60. The second kappa shape index (κ2) is 5.71. The zero-order valence-electron chi connectivity index (χ0n) is 10.9. The molecule has 0 amide bonds. The molecular weight excluding hydrogens is 226 g/mol. The number of nitrogens with one attached hydrogen (secondary N) is 1. The van der Waals surface area contributed by atoms with Crippen LogP contribution in [0, 0.1) is 6.92 Å². The molecule has 0 bridgehead atoms. The van der Waals surface area contributed by atoms with Gasteiger partial charge in [-0.25, -0.2) is 0 Å². The van der Waals surface area contributed by atoms with Crippen LogP contribution in [0.5, 0.6) is 5.75 Å². The van der Waals surface area contributed by atoms with Gasteiger partial charge in [-0.15, -0.1) is 0 Å². The summed E-state index contributed by atoms with van der Waals surface area (Å²) in [6, 6.07) is 8.21. The monoisotopic (exact) mass is 245 g/mol. The zero-order valence-corrected chi connectivity index (χ0v) is 10.9. The summed E-state index contributed by atoms with van der Waals surface area (Å²) in [4.78, 5) is 11.1. The quantitative estimate of drug-likeness (QED) is 0.866. The Labute approximate surface area is 108 Å². The minimum absolute atomic E-state index is 0.198. The molecule has 1 aromatic rings. The highest BCUT2D eigenvalue weighted by atomic mass is 16.5. The molecule has 1 aliphatic carbocycles. The largest absolute Gasteiger partial charge is 0.491 e. The molecule has 0 aromatic heterocycles. The molecule has 18 heavy (non-hydrogen) atoms. The normalized spacial score (nSPS) is 16.3. The van der Waals surface area contributed by atoms with Gasteiger partial charge in [-0.2, -0.15) is 0 Å². The SMILES string of the molecule is Cc1ccc(OCC(C)NC2=CC(=O)CC2)cc1. The Bertz CT molecular complexity index is 448. The standard InChI is InChI=1S/C15H19NO2/c1-11-3-7-15(8-4-11)18-10-12(2)16-13-5-6-14(17)9-13/h3-4,7-9,12,16H,5-6,10H2,1-2H3. The first kappa shape index (κ1) is 12.7. The lowest BCUT2D eigenvalue weighted by Crippen LogP contribution is -2.30. The third-order valence-electron chi connectivity index (χ3n) is 2.93. The number of benzene rings is 1. The molecule has 0 fully saturated rings. The first-order chi connectivity index (χ1) is 8.63.